The highest BCUT2D eigenvalue weighted by molar-refractivity contribution is 5.78. The van der Waals surface area contributed by atoms with Crippen LogP contribution in [-0.2, 0) is 4.79 Å². The second-order valence-electron chi connectivity index (χ2n) is 6.35. The molecule has 20 heavy (non-hydrogen) atoms. The lowest BCUT2D eigenvalue weighted by Crippen LogP contribution is -2.50. The number of amides is 1. The van der Waals surface area contributed by atoms with E-state index in [9.17, 15) is 4.79 Å². The fourth-order valence-corrected chi connectivity index (χ4v) is 2.73. The lowest BCUT2D eigenvalue weighted by molar-refractivity contribution is -0.131. The van der Waals surface area contributed by atoms with Crippen LogP contribution in [0, 0.1) is 5.92 Å². The number of hydrogen-bond acceptors (Lipinski definition) is 3. The first-order chi connectivity index (χ1) is 9.63. The predicted octanol–water partition coefficient (Wildman–Crippen LogP) is 1.96. The van der Waals surface area contributed by atoms with Gasteiger partial charge in [0.2, 0.25) is 5.91 Å². The van der Waals surface area contributed by atoms with E-state index < -0.39 is 0 Å². The second-order valence-corrected chi connectivity index (χ2v) is 6.35. The van der Waals surface area contributed by atoms with Gasteiger partial charge < -0.3 is 10.2 Å². The van der Waals surface area contributed by atoms with Crippen LogP contribution in [0.5, 0.6) is 0 Å². The molecular weight excluding hydrogens is 250 g/mol. The maximum absolute atomic E-state index is 11.7. The van der Waals surface area contributed by atoms with Crippen LogP contribution in [0.2, 0.25) is 0 Å². The van der Waals surface area contributed by atoms with E-state index in [4.69, 9.17) is 0 Å². The summed E-state index contributed by atoms with van der Waals surface area (Å²) in [5.74, 6) is 1.08. The van der Waals surface area contributed by atoms with E-state index in [0.29, 0.717) is 6.54 Å². The summed E-state index contributed by atoms with van der Waals surface area (Å²) in [4.78, 5) is 16.2. The van der Waals surface area contributed by atoms with Crippen LogP contribution < -0.4 is 5.32 Å². The zero-order valence-electron chi connectivity index (χ0n) is 13.7. The molecule has 1 aliphatic rings. The second kappa shape index (κ2) is 10.2. The molecule has 1 amide bonds. The van der Waals surface area contributed by atoms with Crippen LogP contribution in [0.25, 0.3) is 0 Å². The number of unbranched alkanes of at least 4 members (excludes halogenated alkanes) is 3. The van der Waals surface area contributed by atoms with Crippen molar-refractivity contribution in [3.8, 4) is 0 Å². The Labute approximate surface area is 124 Å². The number of likely N-dealkylation sites (N-methyl/N-ethyl adjacent to an activating group) is 1. The van der Waals surface area contributed by atoms with Gasteiger partial charge in [0, 0.05) is 26.2 Å². The summed E-state index contributed by atoms with van der Waals surface area (Å²) in [6, 6.07) is 0. The Morgan fingerprint density at radius 2 is 1.70 bits per heavy atom. The van der Waals surface area contributed by atoms with Gasteiger partial charge in [-0.25, -0.2) is 0 Å². The number of nitrogens with one attached hydrogen (secondary N) is 1. The molecular formula is C16H33N3O. The molecule has 4 nitrogen and oxygen atoms in total. The molecule has 0 aromatic rings. The minimum atomic E-state index is 0.237. The Bertz CT molecular complexity index is 260. The van der Waals surface area contributed by atoms with Crippen LogP contribution in [0.3, 0.4) is 0 Å². The molecule has 1 heterocycles. The smallest absolute Gasteiger partial charge is 0.236 e. The molecule has 0 saturated carbocycles. The van der Waals surface area contributed by atoms with Crippen molar-refractivity contribution in [2.75, 3.05) is 46.3 Å². The standard InChI is InChI=1S/C16H33N3O/c1-15(2)8-6-4-5-7-9-18-10-12-19(13-11-18)16(20)14-17-3/h15,17H,4-14H2,1-3H3. The highest BCUT2D eigenvalue weighted by atomic mass is 16.2. The van der Waals surface area contributed by atoms with Gasteiger partial charge in [0.05, 0.1) is 6.54 Å². The van der Waals surface area contributed by atoms with Crippen molar-refractivity contribution in [1.82, 2.24) is 15.1 Å². The summed E-state index contributed by atoms with van der Waals surface area (Å²) in [6.45, 7) is 10.2. The average molecular weight is 283 g/mol. The van der Waals surface area contributed by atoms with E-state index in [-0.39, 0.29) is 5.91 Å². The van der Waals surface area contributed by atoms with Gasteiger partial charge in [-0.3, -0.25) is 9.69 Å². The van der Waals surface area contributed by atoms with Crippen molar-refractivity contribution in [3.63, 3.8) is 0 Å². The summed E-state index contributed by atoms with van der Waals surface area (Å²) < 4.78 is 0. The third kappa shape index (κ3) is 7.25. The Balaban J connectivity index is 2.01. The van der Waals surface area contributed by atoms with E-state index in [2.05, 4.69) is 24.1 Å². The van der Waals surface area contributed by atoms with Crippen LogP contribution in [0.15, 0.2) is 0 Å². The SMILES string of the molecule is CNCC(=O)N1CCN(CCCCCCC(C)C)CC1. The fraction of sp³-hybridized carbons (Fsp3) is 0.938. The highest BCUT2D eigenvalue weighted by Crippen LogP contribution is 2.10. The number of carbonyl (C=O) groups is 1. The van der Waals surface area contributed by atoms with Crippen molar-refractivity contribution in [2.45, 2.75) is 46.0 Å². The first kappa shape index (κ1) is 17.4. The zero-order valence-corrected chi connectivity index (χ0v) is 13.7. The molecule has 0 aromatic heterocycles. The maximum atomic E-state index is 11.7. The van der Waals surface area contributed by atoms with Crippen LogP contribution >= 0.6 is 0 Å². The Kier molecular flexibility index (Phi) is 8.86. The van der Waals surface area contributed by atoms with Gasteiger partial charge in [-0.1, -0.05) is 39.5 Å². The van der Waals surface area contributed by atoms with E-state index in [1.165, 1.54) is 38.6 Å². The fourth-order valence-electron chi connectivity index (χ4n) is 2.73. The molecule has 0 unspecified atom stereocenters. The van der Waals surface area contributed by atoms with E-state index in [1.807, 2.05) is 11.9 Å². The van der Waals surface area contributed by atoms with Gasteiger partial charge in [-0.2, -0.15) is 0 Å². The predicted molar refractivity (Wildman–Crippen MR) is 84.9 cm³/mol. The number of hydrogen-bond donors (Lipinski definition) is 1. The first-order valence-electron chi connectivity index (χ1n) is 8.28. The Morgan fingerprint density at radius 1 is 1.05 bits per heavy atom. The minimum Gasteiger partial charge on any atom is -0.339 e. The van der Waals surface area contributed by atoms with E-state index >= 15 is 0 Å². The molecule has 0 bridgehead atoms. The molecule has 0 atom stereocenters. The molecule has 0 spiro atoms. The summed E-state index contributed by atoms with van der Waals surface area (Å²) in [5, 5.41) is 2.93. The van der Waals surface area contributed by atoms with E-state index in [0.717, 1.165) is 32.1 Å². The number of nitrogens with zero attached hydrogens (tertiary/aromatic N) is 2. The molecule has 1 fully saturated rings. The molecule has 1 saturated heterocycles. The van der Waals surface area contributed by atoms with Crippen LogP contribution in [-0.4, -0.2) is 62.0 Å². The topological polar surface area (TPSA) is 35.6 Å². The Morgan fingerprint density at radius 3 is 2.30 bits per heavy atom. The zero-order chi connectivity index (χ0) is 14.8. The summed E-state index contributed by atoms with van der Waals surface area (Å²) in [7, 11) is 1.83. The molecule has 1 aliphatic heterocycles. The van der Waals surface area contributed by atoms with Crippen molar-refractivity contribution in [3.05, 3.63) is 0 Å². The number of carbonyl (C=O) groups excluding carboxylic acids is 1. The van der Waals surface area contributed by atoms with Gasteiger partial charge in [0.15, 0.2) is 0 Å². The Hall–Kier alpha value is -0.610. The van der Waals surface area contributed by atoms with Gasteiger partial charge in [-0.15, -0.1) is 0 Å². The minimum absolute atomic E-state index is 0.237. The summed E-state index contributed by atoms with van der Waals surface area (Å²) in [5.41, 5.74) is 0. The number of piperazine rings is 1. The molecule has 0 radical (unpaired) electrons. The lowest BCUT2D eigenvalue weighted by atomic mass is 10.0. The summed E-state index contributed by atoms with van der Waals surface area (Å²) >= 11 is 0. The third-order valence-corrected chi connectivity index (χ3v) is 4.06. The van der Waals surface area contributed by atoms with Gasteiger partial charge in [0.1, 0.15) is 0 Å². The maximum Gasteiger partial charge on any atom is 0.236 e. The quantitative estimate of drug-likeness (QED) is 0.657. The molecule has 1 rings (SSSR count). The molecule has 0 aromatic carbocycles. The van der Waals surface area contributed by atoms with Gasteiger partial charge in [-0.05, 0) is 25.9 Å². The average Bonchev–Trinajstić information content (AvgIpc) is 2.43. The van der Waals surface area contributed by atoms with Crippen LogP contribution in [0.4, 0.5) is 0 Å². The first-order valence-corrected chi connectivity index (χ1v) is 8.28. The molecule has 118 valence electrons. The number of rotatable bonds is 9. The van der Waals surface area contributed by atoms with Gasteiger partial charge >= 0.3 is 0 Å². The molecule has 1 N–H and O–H groups in total. The molecule has 0 aliphatic carbocycles. The summed E-state index contributed by atoms with van der Waals surface area (Å²) in [6.07, 6.45) is 6.78. The van der Waals surface area contributed by atoms with Crippen molar-refractivity contribution >= 4 is 5.91 Å². The third-order valence-electron chi connectivity index (χ3n) is 4.06. The van der Waals surface area contributed by atoms with Crippen molar-refractivity contribution in [2.24, 2.45) is 5.92 Å². The van der Waals surface area contributed by atoms with E-state index in [1.54, 1.807) is 0 Å². The lowest BCUT2D eigenvalue weighted by Gasteiger charge is -2.34. The largest absolute Gasteiger partial charge is 0.339 e. The monoisotopic (exact) mass is 283 g/mol. The normalized spacial score (nSPS) is 16.9. The highest BCUT2D eigenvalue weighted by Gasteiger charge is 2.19. The van der Waals surface area contributed by atoms with Crippen LogP contribution in [0.1, 0.15) is 46.0 Å². The molecule has 4 heteroatoms. The van der Waals surface area contributed by atoms with Gasteiger partial charge in [0.25, 0.3) is 0 Å². The van der Waals surface area contributed by atoms with Crippen molar-refractivity contribution in [1.29, 1.82) is 0 Å². The van der Waals surface area contributed by atoms with Crippen molar-refractivity contribution < 1.29 is 4.79 Å².